The molecule has 6 rings (SSSR count). The van der Waals surface area contributed by atoms with E-state index in [-0.39, 0.29) is 91.7 Å². The Labute approximate surface area is 259 Å². The molecule has 2 aliphatic heterocycles. The fourth-order valence-electron chi connectivity index (χ4n) is 5.28. The number of halogens is 3. The summed E-state index contributed by atoms with van der Waals surface area (Å²) >= 11 is 0. The Morgan fingerprint density at radius 2 is 1.89 bits per heavy atom. The summed E-state index contributed by atoms with van der Waals surface area (Å²) in [5, 5.41) is 23.5. The summed E-state index contributed by atoms with van der Waals surface area (Å²) in [6.45, 7) is 1.86. The van der Waals surface area contributed by atoms with Gasteiger partial charge < -0.3 is 34.2 Å². The van der Waals surface area contributed by atoms with Crippen LogP contribution in [0, 0.1) is 0 Å². The summed E-state index contributed by atoms with van der Waals surface area (Å²) in [4.78, 5) is 37.0. The van der Waals surface area contributed by atoms with Crippen LogP contribution >= 0.6 is 0 Å². The molecular formula is C29H30F3N7O7. The van der Waals surface area contributed by atoms with E-state index >= 15 is 0 Å². The molecule has 2 amide bonds. The molecule has 2 saturated heterocycles. The van der Waals surface area contributed by atoms with Crippen molar-refractivity contribution in [3.8, 4) is 28.6 Å². The van der Waals surface area contributed by atoms with Crippen molar-refractivity contribution in [1.82, 2.24) is 33.9 Å². The van der Waals surface area contributed by atoms with Crippen molar-refractivity contribution in [2.45, 2.75) is 31.7 Å². The third kappa shape index (κ3) is 6.41. The standard InChI is InChI=1S/C29H30F3N7O7/c30-29(31,32)24-21(16-38(35-24)6-1-12-40)22-15-34-25-26(33-5-7-39(22)25)45-18-2-3-20(23(41)14-18)27(42)36-8-10-37(11-9-36)28(43)46-19-4-13-44-17-19/h2-3,5,7,14-16,19,40-41H,1,4,6,8-13,17H2/t19-/m1/s1. The third-order valence-corrected chi connectivity index (χ3v) is 7.64. The highest BCUT2D eigenvalue weighted by Crippen LogP contribution is 2.37. The number of ether oxygens (including phenoxy) is 3. The number of aromatic hydroxyl groups is 1. The van der Waals surface area contributed by atoms with Gasteiger partial charge in [0, 0.05) is 70.4 Å². The van der Waals surface area contributed by atoms with E-state index in [1.54, 1.807) is 0 Å². The van der Waals surface area contributed by atoms with Crippen molar-refractivity contribution in [2.75, 3.05) is 46.0 Å². The molecule has 14 nitrogen and oxygen atoms in total. The number of rotatable bonds is 8. The van der Waals surface area contributed by atoms with E-state index in [0.29, 0.717) is 19.6 Å². The second-order valence-electron chi connectivity index (χ2n) is 10.7. The lowest BCUT2D eigenvalue weighted by Gasteiger charge is -2.34. The topological polar surface area (TPSA) is 157 Å². The number of nitrogens with zero attached hydrogens (tertiary/aromatic N) is 7. The predicted octanol–water partition coefficient (Wildman–Crippen LogP) is 3.18. The predicted molar refractivity (Wildman–Crippen MR) is 152 cm³/mol. The summed E-state index contributed by atoms with van der Waals surface area (Å²) in [7, 11) is 0. The molecule has 2 N–H and O–H groups in total. The molecule has 244 valence electrons. The summed E-state index contributed by atoms with van der Waals surface area (Å²) in [6, 6.07) is 4.07. The van der Waals surface area contributed by atoms with E-state index in [4.69, 9.17) is 19.3 Å². The van der Waals surface area contributed by atoms with Crippen LogP contribution in [-0.4, -0.2) is 108 Å². The number of phenolic OH excluding ortho intramolecular Hbond substituents is 1. The molecule has 5 heterocycles. The minimum absolute atomic E-state index is 0.0265. The van der Waals surface area contributed by atoms with Crippen molar-refractivity contribution < 1.29 is 47.2 Å². The van der Waals surface area contributed by atoms with Gasteiger partial charge in [0.05, 0.1) is 36.2 Å². The second kappa shape index (κ2) is 12.8. The Kier molecular flexibility index (Phi) is 8.68. The summed E-state index contributed by atoms with van der Waals surface area (Å²) in [6.07, 6.45) is 0.670. The monoisotopic (exact) mass is 645 g/mol. The maximum absolute atomic E-state index is 13.8. The molecule has 0 saturated carbocycles. The van der Waals surface area contributed by atoms with E-state index in [0.717, 1.165) is 4.68 Å². The molecule has 46 heavy (non-hydrogen) atoms. The molecule has 0 aliphatic carbocycles. The maximum atomic E-state index is 13.8. The summed E-state index contributed by atoms with van der Waals surface area (Å²) in [5.74, 6) is -0.734. The minimum atomic E-state index is -4.74. The van der Waals surface area contributed by atoms with Gasteiger partial charge in [0.2, 0.25) is 5.65 Å². The van der Waals surface area contributed by atoms with Crippen LogP contribution in [0.25, 0.3) is 16.9 Å². The number of phenols is 1. The molecule has 2 aliphatic rings. The van der Waals surface area contributed by atoms with Gasteiger partial charge in [-0.25, -0.2) is 14.8 Å². The van der Waals surface area contributed by atoms with Crippen molar-refractivity contribution in [1.29, 1.82) is 0 Å². The molecule has 1 atom stereocenters. The second-order valence-corrected chi connectivity index (χ2v) is 10.7. The molecule has 17 heteroatoms. The average molecular weight is 646 g/mol. The Balaban J connectivity index is 1.15. The molecule has 0 bridgehead atoms. The first-order valence-electron chi connectivity index (χ1n) is 14.5. The number of aromatic nitrogens is 5. The molecule has 0 unspecified atom stereocenters. The number of carbonyl (C=O) groups excluding carboxylic acids is 2. The smallest absolute Gasteiger partial charge is 0.435 e. The van der Waals surface area contributed by atoms with Gasteiger partial charge in [0.15, 0.2) is 5.69 Å². The van der Waals surface area contributed by atoms with Crippen LogP contribution in [0.1, 0.15) is 28.9 Å². The number of amides is 2. The lowest BCUT2D eigenvalue weighted by Crippen LogP contribution is -2.51. The average Bonchev–Trinajstić information content (AvgIpc) is 3.80. The Hall–Kier alpha value is -4.90. The van der Waals surface area contributed by atoms with Gasteiger partial charge in [0.25, 0.3) is 11.8 Å². The van der Waals surface area contributed by atoms with Crippen LogP contribution in [0.5, 0.6) is 17.4 Å². The Morgan fingerprint density at radius 3 is 2.59 bits per heavy atom. The first-order valence-corrected chi connectivity index (χ1v) is 14.5. The van der Waals surface area contributed by atoms with Crippen LogP contribution in [0.2, 0.25) is 0 Å². The number of aryl methyl sites for hydroxylation is 1. The van der Waals surface area contributed by atoms with Crippen LogP contribution < -0.4 is 4.74 Å². The highest BCUT2D eigenvalue weighted by atomic mass is 19.4. The van der Waals surface area contributed by atoms with E-state index in [9.17, 15) is 27.9 Å². The van der Waals surface area contributed by atoms with Gasteiger partial charge in [-0.05, 0) is 18.6 Å². The number of imidazole rings is 1. The number of carbonyl (C=O) groups is 2. The number of fused-ring (bicyclic) bond motifs is 1. The number of hydrogen-bond donors (Lipinski definition) is 2. The number of benzene rings is 1. The van der Waals surface area contributed by atoms with Gasteiger partial charge in [-0.3, -0.25) is 13.9 Å². The zero-order valence-corrected chi connectivity index (χ0v) is 24.4. The van der Waals surface area contributed by atoms with Gasteiger partial charge in [-0.1, -0.05) is 0 Å². The van der Waals surface area contributed by atoms with Crippen molar-refractivity contribution >= 4 is 17.6 Å². The number of alkyl halides is 3. The first-order chi connectivity index (χ1) is 22.1. The summed E-state index contributed by atoms with van der Waals surface area (Å²) in [5.41, 5.74) is -1.09. The van der Waals surface area contributed by atoms with Crippen molar-refractivity contribution in [2.24, 2.45) is 0 Å². The molecule has 4 aromatic rings. The fourth-order valence-corrected chi connectivity index (χ4v) is 5.28. The Morgan fingerprint density at radius 1 is 1.11 bits per heavy atom. The van der Waals surface area contributed by atoms with Gasteiger partial charge in [-0.15, -0.1) is 0 Å². The van der Waals surface area contributed by atoms with Crippen LogP contribution in [-0.2, 0) is 22.2 Å². The lowest BCUT2D eigenvalue weighted by molar-refractivity contribution is -0.141. The number of aliphatic hydroxyl groups is 1. The third-order valence-electron chi connectivity index (χ3n) is 7.64. The number of aliphatic hydroxyl groups excluding tert-OH is 1. The van der Waals surface area contributed by atoms with Gasteiger partial charge in [-0.2, -0.15) is 18.3 Å². The number of piperazine rings is 1. The number of hydrogen-bond acceptors (Lipinski definition) is 10. The highest BCUT2D eigenvalue weighted by molar-refractivity contribution is 5.97. The van der Waals surface area contributed by atoms with E-state index in [2.05, 4.69) is 15.1 Å². The Bertz CT molecular complexity index is 1730. The van der Waals surface area contributed by atoms with Gasteiger partial charge in [0.1, 0.15) is 17.6 Å². The minimum Gasteiger partial charge on any atom is -0.507 e. The molecular weight excluding hydrogens is 615 g/mol. The quantitative estimate of drug-likeness (QED) is 0.292. The van der Waals surface area contributed by atoms with E-state index in [1.165, 1.54) is 57.2 Å². The van der Waals surface area contributed by atoms with Crippen LogP contribution in [0.4, 0.5) is 18.0 Å². The fraction of sp³-hybridized carbons (Fsp3) is 0.414. The highest BCUT2D eigenvalue weighted by Gasteiger charge is 2.38. The van der Waals surface area contributed by atoms with Crippen molar-refractivity contribution in [3.05, 3.63) is 54.2 Å². The maximum Gasteiger partial charge on any atom is 0.435 e. The molecule has 2 fully saturated rings. The first kappa shape index (κ1) is 31.1. The van der Waals surface area contributed by atoms with Gasteiger partial charge >= 0.3 is 12.3 Å². The van der Waals surface area contributed by atoms with Crippen LogP contribution in [0.15, 0.2) is 43.0 Å². The van der Waals surface area contributed by atoms with Crippen LogP contribution in [0.3, 0.4) is 0 Å². The normalized spacial score (nSPS) is 17.1. The van der Waals surface area contributed by atoms with E-state index in [1.807, 2.05) is 0 Å². The zero-order valence-electron chi connectivity index (χ0n) is 24.4. The molecule has 3 aromatic heterocycles. The molecule has 0 spiro atoms. The van der Waals surface area contributed by atoms with Crippen molar-refractivity contribution in [3.63, 3.8) is 0 Å². The zero-order chi connectivity index (χ0) is 32.4. The SMILES string of the molecule is O=C(O[C@@H]1CCOC1)N1CCN(C(=O)c2ccc(Oc3nccn4c(-c5cn(CCCO)nc5C(F)(F)F)cnc34)cc2O)CC1. The molecule has 0 radical (unpaired) electrons. The largest absolute Gasteiger partial charge is 0.507 e. The van der Waals surface area contributed by atoms with E-state index < -0.39 is 23.9 Å². The lowest BCUT2D eigenvalue weighted by atomic mass is 10.1. The summed E-state index contributed by atoms with van der Waals surface area (Å²) < 4.78 is 60.5. The molecule has 1 aromatic carbocycles.